The molecular weight excluding hydrogens is 260 g/mol. The molecule has 1 saturated carbocycles. The van der Waals surface area contributed by atoms with E-state index in [4.69, 9.17) is 4.74 Å². The van der Waals surface area contributed by atoms with Crippen LogP contribution in [0.1, 0.15) is 23.2 Å². The zero-order chi connectivity index (χ0) is 10.8. The molecule has 0 aromatic carbocycles. The van der Waals surface area contributed by atoms with E-state index < -0.39 is 0 Å². The van der Waals surface area contributed by atoms with Crippen LogP contribution < -0.4 is 10.1 Å². The Bertz CT molecular complexity index is 391. The summed E-state index contributed by atoms with van der Waals surface area (Å²) in [5.74, 6) is 0.383. The molecule has 1 aromatic heterocycles. The number of halogens is 1. The number of carbonyl (C=O) groups excluding carboxylic acids is 1. The van der Waals surface area contributed by atoms with Crippen LogP contribution in [0.2, 0.25) is 0 Å². The minimum atomic E-state index is -0.159. The fourth-order valence-electron chi connectivity index (χ4n) is 1.20. The topological polar surface area (TPSA) is 51.2 Å². The van der Waals surface area contributed by atoms with Crippen molar-refractivity contribution >= 4 is 21.8 Å². The second-order valence-corrected chi connectivity index (χ2v) is 4.13. The molecule has 1 aromatic rings. The van der Waals surface area contributed by atoms with Crippen molar-refractivity contribution in [2.75, 3.05) is 7.05 Å². The normalized spacial score (nSPS) is 14.8. The van der Waals surface area contributed by atoms with Crippen LogP contribution in [0.4, 0.5) is 0 Å². The molecular formula is C10H11BrN2O2. The summed E-state index contributed by atoms with van der Waals surface area (Å²) >= 11 is 3.28. The van der Waals surface area contributed by atoms with E-state index in [1.165, 1.54) is 0 Å². The predicted molar refractivity (Wildman–Crippen MR) is 59.0 cm³/mol. The van der Waals surface area contributed by atoms with Gasteiger partial charge in [0.1, 0.15) is 4.60 Å². The monoisotopic (exact) mass is 270 g/mol. The zero-order valence-electron chi connectivity index (χ0n) is 8.29. The Morgan fingerprint density at radius 1 is 1.67 bits per heavy atom. The van der Waals surface area contributed by atoms with Crippen LogP contribution in [-0.2, 0) is 0 Å². The molecule has 15 heavy (non-hydrogen) atoms. The van der Waals surface area contributed by atoms with Crippen LogP contribution in [0, 0.1) is 0 Å². The molecule has 80 valence electrons. The van der Waals surface area contributed by atoms with Crippen molar-refractivity contribution in [2.45, 2.75) is 18.9 Å². The van der Waals surface area contributed by atoms with Crippen LogP contribution in [-0.4, -0.2) is 24.0 Å². The maximum Gasteiger partial charge on any atom is 0.254 e. The third kappa shape index (κ3) is 2.28. The SMILES string of the molecule is CNC(=O)c1ccnc(Br)c1OC1CC1. The van der Waals surface area contributed by atoms with Crippen molar-refractivity contribution in [2.24, 2.45) is 0 Å². The summed E-state index contributed by atoms with van der Waals surface area (Å²) in [6.07, 6.45) is 3.92. The van der Waals surface area contributed by atoms with Gasteiger partial charge in [-0.1, -0.05) is 0 Å². The third-order valence-corrected chi connectivity index (χ3v) is 2.71. The van der Waals surface area contributed by atoms with Gasteiger partial charge in [0.2, 0.25) is 0 Å². The van der Waals surface area contributed by atoms with Gasteiger partial charge in [0.15, 0.2) is 5.75 Å². The van der Waals surface area contributed by atoms with Gasteiger partial charge in [-0.2, -0.15) is 0 Å². The van der Waals surface area contributed by atoms with Crippen molar-refractivity contribution in [3.8, 4) is 5.75 Å². The highest BCUT2D eigenvalue weighted by Gasteiger charge is 2.27. The Labute approximate surface area is 96.2 Å². The number of nitrogens with one attached hydrogen (secondary N) is 1. The molecule has 1 aliphatic rings. The van der Waals surface area contributed by atoms with Gasteiger partial charge in [0.05, 0.1) is 11.7 Å². The van der Waals surface area contributed by atoms with Crippen LogP contribution in [0.5, 0.6) is 5.75 Å². The summed E-state index contributed by atoms with van der Waals surface area (Å²) < 4.78 is 6.22. The van der Waals surface area contributed by atoms with Crippen LogP contribution in [0.15, 0.2) is 16.9 Å². The lowest BCUT2D eigenvalue weighted by atomic mass is 10.2. The summed E-state index contributed by atoms with van der Waals surface area (Å²) in [7, 11) is 1.59. The molecule has 1 aliphatic carbocycles. The third-order valence-electron chi connectivity index (χ3n) is 2.14. The molecule has 0 radical (unpaired) electrons. The minimum absolute atomic E-state index is 0.159. The Morgan fingerprint density at radius 3 is 3.00 bits per heavy atom. The molecule has 1 N–H and O–H groups in total. The number of amides is 1. The Morgan fingerprint density at radius 2 is 2.40 bits per heavy atom. The fourth-order valence-corrected chi connectivity index (χ4v) is 1.63. The van der Waals surface area contributed by atoms with Gasteiger partial charge in [0.25, 0.3) is 5.91 Å². The molecule has 4 nitrogen and oxygen atoms in total. The highest BCUT2D eigenvalue weighted by Crippen LogP contribution is 2.33. The second kappa shape index (κ2) is 4.18. The maximum atomic E-state index is 11.5. The number of ether oxygens (including phenoxy) is 1. The molecule has 1 heterocycles. The van der Waals surface area contributed by atoms with Crippen molar-refractivity contribution in [1.82, 2.24) is 10.3 Å². The first-order chi connectivity index (χ1) is 7.22. The number of nitrogens with zero attached hydrogens (tertiary/aromatic N) is 1. The lowest BCUT2D eigenvalue weighted by molar-refractivity contribution is 0.0958. The predicted octanol–water partition coefficient (Wildman–Crippen LogP) is 1.74. The molecule has 5 heteroatoms. The van der Waals surface area contributed by atoms with Gasteiger partial charge in [-0.05, 0) is 34.8 Å². The van der Waals surface area contributed by atoms with Gasteiger partial charge >= 0.3 is 0 Å². The Balaban J connectivity index is 2.33. The molecule has 0 bridgehead atoms. The van der Waals surface area contributed by atoms with Crippen molar-refractivity contribution < 1.29 is 9.53 Å². The van der Waals surface area contributed by atoms with Gasteiger partial charge in [-0.15, -0.1) is 0 Å². The largest absolute Gasteiger partial charge is 0.487 e. The first-order valence-electron chi connectivity index (χ1n) is 4.75. The number of rotatable bonds is 3. The van der Waals surface area contributed by atoms with E-state index in [0.29, 0.717) is 15.9 Å². The second-order valence-electron chi connectivity index (χ2n) is 3.37. The van der Waals surface area contributed by atoms with Crippen LogP contribution >= 0.6 is 15.9 Å². The van der Waals surface area contributed by atoms with E-state index in [0.717, 1.165) is 12.8 Å². The van der Waals surface area contributed by atoms with E-state index >= 15 is 0 Å². The first-order valence-corrected chi connectivity index (χ1v) is 5.55. The molecule has 0 unspecified atom stereocenters. The zero-order valence-corrected chi connectivity index (χ0v) is 9.87. The maximum absolute atomic E-state index is 11.5. The summed E-state index contributed by atoms with van der Waals surface area (Å²) in [5.41, 5.74) is 0.520. The summed E-state index contributed by atoms with van der Waals surface area (Å²) in [6.45, 7) is 0. The fraction of sp³-hybridized carbons (Fsp3) is 0.400. The molecule has 0 spiro atoms. The Hall–Kier alpha value is -1.10. The van der Waals surface area contributed by atoms with Gasteiger partial charge in [-0.25, -0.2) is 4.98 Å². The number of carbonyl (C=O) groups is 1. The highest BCUT2D eigenvalue weighted by molar-refractivity contribution is 9.10. The number of hydrogen-bond acceptors (Lipinski definition) is 3. The summed E-state index contributed by atoms with van der Waals surface area (Å²) in [4.78, 5) is 15.6. The van der Waals surface area contributed by atoms with E-state index in [1.54, 1.807) is 19.3 Å². The average Bonchev–Trinajstić information content (AvgIpc) is 3.04. The lowest BCUT2D eigenvalue weighted by Crippen LogP contribution is -2.19. The van der Waals surface area contributed by atoms with Gasteiger partial charge in [-0.3, -0.25) is 4.79 Å². The number of pyridine rings is 1. The first kappa shape index (κ1) is 10.4. The van der Waals surface area contributed by atoms with E-state index in [9.17, 15) is 4.79 Å². The smallest absolute Gasteiger partial charge is 0.254 e. The van der Waals surface area contributed by atoms with Crippen LogP contribution in [0.25, 0.3) is 0 Å². The molecule has 0 atom stereocenters. The number of aromatic nitrogens is 1. The van der Waals surface area contributed by atoms with Gasteiger partial charge in [0, 0.05) is 13.2 Å². The summed E-state index contributed by atoms with van der Waals surface area (Å²) in [5, 5.41) is 2.57. The quantitative estimate of drug-likeness (QED) is 0.852. The molecule has 0 saturated heterocycles. The molecule has 1 fully saturated rings. The highest BCUT2D eigenvalue weighted by atomic mass is 79.9. The number of hydrogen-bond donors (Lipinski definition) is 1. The van der Waals surface area contributed by atoms with Crippen LogP contribution in [0.3, 0.4) is 0 Å². The summed E-state index contributed by atoms with van der Waals surface area (Å²) in [6, 6.07) is 1.65. The van der Waals surface area contributed by atoms with E-state index in [1.807, 2.05) is 0 Å². The van der Waals surface area contributed by atoms with Gasteiger partial charge < -0.3 is 10.1 Å². The average molecular weight is 271 g/mol. The van der Waals surface area contributed by atoms with Crippen molar-refractivity contribution in [3.05, 3.63) is 22.4 Å². The molecule has 1 amide bonds. The minimum Gasteiger partial charge on any atom is -0.487 e. The van der Waals surface area contributed by atoms with E-state index in [2.05, 4.69) is 26.2 Å². The van der Waals surface area contributed by atoms with E-state index in [-0.39, 0.29) is 12.0 Å². The molecule has 0 aliphatic heterocycles. The lowest BCUT2D eigenvalue weighted by Gasteiger charge is -2.10. The Kier molecular flexibility index (Phi) is 2.90. The van der Waals surface area contributed by atoms with Crippen molar-refractivity contribution in [1.29, 1.82) is 0 Å². The molecule has 2 rings (SSSR count). The standard InChI is InChI=1S/C10H11BrN2O2/c1-12-10(14)7-4-5-13-9(11)8(7)15-6-2-3-6/h4-6H,2-3H2,1H3,(H,12,14). The van der Waals surface area contributed by atoms with Crippen molar-refractivity contribution in [3.63, 3.8) is 0 Å².